The highest BCUT2D eigenvalue weighted by atomic mass is 19.2. The zero-order valence-electron chi connectivity index (χ0n) is 6.67. The maximum absolute atomic E-state index is 12.5. The summed E-state index contributed by atoms with van der Waals surface area (Å²) in [5.74, 6) is -7.90. The fourth-order valence-electron chi connectivity index (χ4n) is 0.456. The van der Waals surface area contributed by atoms with Crippen molar-refractivity contribution >= 4 is 7.85 Å². The summed E-state index contributed by atoms with van der Waals surface area (Å²) in [6.07, 6.45) is 0. The van der Waals surface area contributed by atoms with E-state index in [1.807, 2.05) is 0 Å². The Bertz CT molecular complexity index is 226. The first-order chi connectivity index (χ1) is 5.37. The molecule has 66 valence electrons. The van der Waals surface area contributed by atoms with Crippen LogP contribution in [0.2, 0.25) is 5.82 Å². The Balaban J connectivity index is 4.93. The van der Waals surface area contributed by atoms with Crippen molar-refractivity contribution in [2.45, 2.75) is 19.7 Å². The maximum Gasteiger partial charge on any atom is 0.192 e. The van der Waals surface area contributed by atoms with Gasteiger partial charge < -0.3 is 0 Å². The molecular weight excluding hydrogens is 171 g/mol. The van der Waals surface area contributed by atoms with Gasteiger partial charge in [0, 0.05) is 0 Å². The van der Waals surface area contributed by atoms with E-state index in [-0.39, 0.29) is 0 Å². The van der Waals surface area contributed by atoms with Crippen LogP contribution in [0.1, 0.15) is 13.8 Å². The molecule has 0 aromatic carbocycles. The molecule has 0 saturated heterocycles. The van der Waals surface area contributed by atoms with E-state index in [9.17, 15) is 17.6 Å². The van der Waals surface area contributed by atoms with Crippen molar-refractivity contribution in [3.63, 3.8) is 0 Å². The lowest BCUT2D eigenvalue weighted by Crippen LogP contribution is -1.91. The van der Waals surface area contributed by atoms with Crippen LogP contribution in [0.3, 0.4) is 0 Å². The van der Waals surface area contributed by atoms with Gasteiger partial charge in [-0.2, -0.15) is 0 Å². The Labute approximate surface area is 69.4 Å². The van der Waals surface area contributed by atoms with Crippen molar-refractivity contribution < 1.29 is 17.6 Å². The first kappa shape index (κ1) is 11.3. The number of halogens is 4. The van der Waals surface area contributed by atoms with Gasteiger partial charge in [0.05, 0.1) is 7.85 Å². The molecule has 0 fully saturated rings. The molecule has 12 heavy (non-hydrogen) atoms. The fraction of sp³-hybridized carbons (Fsp3) is 0.429. The van der Waals surface area contributed by atoms with Gasteiger partial charge in [-0.1, -0.05) is 6.92 Å². The molecule has 0 spiro atoms. The number of hydrogen-bond donors (Lipinski definition) is 0. The third kappa shape index (κ3) is 2.72. The summed E-state index contributed by atoms with van der Waals surface area (Å²) >= 11 is 0. The Morgan fingerprint density at radius 1 is 1.08 bits per heavy atom. The minimum absolute atomic E-state index is 0.684. The van der Waals surface area contributed by atoms with Crippen LogP contribution in [0.25, 0.3) is 0 Å². The van der Waals surface area contributed by atoms with Crippen LogP contribution < -0.4 is 0 Å². The van der Waals surface area contributed by atoms with E-state index in [2.05, 4.69) is 0 Å². The van der Waals surface area contributed by atoms with Crippen molar-refractivity contribution in [1.29, 1.82) is 0 Å². The predicted octanol–water partition coefficient (Wildman–Crippen LogP) is 3.28. The average Bonchev–Trinajstić information content (AvgIpc) is 2.00. The van der Waals surface area contributed by atoms with Crippen LogP contribution in [0, 0.1) is 0 Å². The van der Waals surface area contributed by atoms with E-state index in [4.69, 9.17) is 7.85 Å². The average molecular weight is 178 g/mol. The van der Waals surface area contributed by atoms with Crippen LogP contribution in [0.5, 0.6) is 0 Å². The van der Waals surface area contributed by atoms with Crippen LogP contribution in [0.15, 0.2) is 23.3 Å². The molecule has 0 aromatic heterocycles. The molecule has 2 radical (unpaired) electrons. The standard InChI is InChI=1S/C7H7BF4/c1-3(8)5(10)7(12)6(11)4(2)9/h3H,1-2H3/b6-4-,7-5-. The van der Waals surface area contributed by atoms with Crippen LogP contribution in [-0.4, -0.2) is 7.85 Å². The molecule has 0 aliphatic carbocycles. The first-order valence-corrected chi connectivity index (χ1v) is 3.21. The second-order valence-electron chi connectivity index (χ2n) is 2.30. The Morgan fingerprint density at radius 3 is 1.75 bits per heavy atom. The highest BCUT2D eigenvalue weighted by Crippen LogP contribution is 2.27. The largest absolute Gasteiger partial charge is 0.209 e. The van der Waals surface area contributed by atoms with E-state index in [0.717, 1.165) is 6.92 Å². The minimum Gasteiger partial charge on any atom is -0.209 e. The van der Waals surface area contributed by atoms with Crippen molar-refractivity contribution in [1.82, 2.24) is 0 Å². The van der Waals surface area contributed by atoms with Gasteiger partial charge in [-0.3, -0.25) is 0 Å². The van der Waals surface area contributed by atoms with Crippen molar-refractivity contribution in [3.05, 3.63) is 23.3 Å². The monoisotopic (exact) mass is 178 g/mol. The minimum atomic E-state index is -1.87. The van der Waals surface area contributed by atoms with Gasteiger partial charge >= 0.3 is 0 Å². The summed E-state index contributed by atoms with van der Waals surface area (Å²) in [5, 5.41) is 0. The van der Waals surface area contributed by atoms with Crippen molar-refractivity contribution in [2.24, 2.45) is 0 Å². The first-order valence-electron chi connectivity index (χ1n) is 3.21. The fourth-order valence-corrected chi connectivity index (χ4v) is 0.456. The highest BCUT2D eigenvalue weighted by molar-refractivity contribution is 6.13. The Morgan fingerprint density at radius 2 is 1.50 bits per heavy atom. The van der Waals surface area contributed by atoms with Gasteiger partial charge in [-0.25, -0.2) is 17.6 Å². The molecule has 0 aliphatic rings. The van der Waals surface area contributed by atoms with Gasteiger partial charge in [0.2, 0.25) is 0 Å². The molecule has 1 unspecified atom stereocenters. The van der Waals surface area contributed by atoms with E-state index in [1.54, 1.807) is 0 Å². The zero-order valence-corrected chi connectivity index (χ0v) is 6.67. The molecule has 0 nitrogen and oxygen atoms in total. The highest BCUT2D eigenvalue weighted by Gasteiger charge is 2.16. The maximum atomic E-state index is 12.5. The molecule has 0 rings (SSSR count). The Kier molecular flexibility index (Phi) is 4.06. The smallest absolute Gasteiger partial charge is 0.192 e. The normalized spacial score (nSPS) is 18.2. The molecule has 0 heterocycles. The number of hydrogen-bond acceptors (Lipinski definition) is 0. The molecule has 0 bridgehead atoms. The summed E-state index contributed by atoms with van der Waals surface area (Å²) in [6, 6.07) is 0. The SMILES string of the molecule is [B]C(C)/C(F)=C(F)\C(F)=C(/C)F. The van der Waals surface area contributed by atoms with Gasteiger partial charge in [-0.15, -0.1) is 0 Å². The summed E-state index contributed by atoms with van der Waals surface area (Å²) in [7, 11) is 4.89. The van der Waals surface area contributed by atoms with Gasteiger partial charge in [-0.05, 0) is 12.7 Å². The van der Waals surface area contributed by atoms with Gasteiger partial charge in [0.25, 0.3) is 0 Å². The molecular formula is C7H7BF4. The quantitative estimate of drug-likeness (QED) is 0.345. The third-order valence-electron chi connectivity index (χ3n) is 1.10. The molecule has 0 N–H and O–H groups in total. The van der Waals surface area contributed by atoms with E-state index in [0.29, 0.717) is 6.92 Å². The Hall–Kier alpha value is -0.735. The molecule has 5 heteroatoms. The van der Waals surface area contributed by atoms with E-state index in [1.165, 1.54) is 0 Å². The summed E-state index contributed by atoms with van der Waals surface area (Å²) in [5.41, 5.74) is 0. The van der Waals surface area contributed by atoms with Crippen molar-refractivity contribution in [2.75, 3.05) is 0 Å². The molecule has 0 aromatic rings. The summed E-state index contributed by atoms with van der Waals surface area (Å²) < 4.78 is 49.2. The number of allylic oxidation sites excluding steroid dienone is 4. The van der Waals surface area contributed by atoms with Gasteiger partial charge in [0.1, 0.15) is 11.7 Å². The lowest BCUT2D eigenvalue weighted by Gasteiger charge is -2.02. The second kappa shape index (κ2) is 4.33. The number of rotatable bonds is 2. The molecule has 0 saturated carbocycles. The topological polar surface area (TPSA) is 0 Å². The van der Waals surface area contributed by atoms with Crippen molar-refractivity contribution in [3.8, 4) is 0 Å². The lowest BCUT2D eigenvalue weighted by atomic mass is 9.88. The second-order valence-corrected chi connectivity index (χ2v) is 2.30. The molecule has 1 atom stereocenters. The molecule has 0 aliphatic heterocycles. The third-order valence-corrected chi connectivity index (χ3v) is 1.10. The van der Waals surface area contributed by atoms with E-state index >= 15 is 0 Å². The van der Waals surface area contributed by atoms with E-state index < -0.39 is 29.1 Å². The lowest BCUT2D eigenvalue weighted by molar-refractivity contribution is 0.456. The van der Waals surface area contributed by atoms with Gasteiger partial charge in [0.15, 0.2) is 11.7 Å². The van der Waals surface area contributed by atoms with Crippen LogP contribution in [-0.2, 0) is 0 Å². The zero-order chi connectivity index (χ0) is 9.89. The molecule has 0 amide bonds. The van der Waals surface area contributed by atoms with Crippen LogP contribution in [0.4, 0.5) is 17.6 Å². The summed E-state index contributed by atoms with van der Waals surface area (Å²) in [4.78, 5) is 0. The summed E-state index contributed by atoms with van der Waals surface area (Å²) in [6.45, 7) is 1.80. The predicted molar refractivity (Wildman–Crippen MR) is 39.3 cm³/mol. The van der Waals surface area contributed by atoms with Crippen LogP contribution >= 0.6 is 0 Å².